The summed E-state index contributed by atoms with van der Waals surface area (Å²) in [5, 5.41) is 3.01. The molecule has 5 heteroatoms. The van der Waals surface area contributed by atoms with Gasteiger partial charge in [-0.1, -0.05) is 26.8 Å². The second-order valence-corrected chi connectivity index (χ2v) is 5.84. The first-order valence-electron chi connectivity index (χ1n) is 6.08. The molecule has 0 aliphatic carbocycles. The lowest BCUT2D eigenvalue weighted by Crippen LogP contribution is -2.23. The molecule has 0 spiro atoms. The molecule has 0 aliphatic heterocycles. The normalized spacial score (nSPS) is 14.5. The van der Waals surface area contributed by atoms with Crippen LogP contribution in [-0.2, 0) is 6.18 Å². The van der Waals surface area contributed by atoms with Gasteiger partial charge in [-0.3, -0.25) is 0 Å². The summed E-state index contributed by atoms with van der Waals surface area (Å²) in [6.07, 6.45) is -3.95. The van der Waals surface area contributed by atoms with E-state index in [1.807, 2.05) is 20.8 Å². The number of rotatable bonds is 3. The van der Waals surface area contributed by atoms with Gasteiger partial charge in [0, 0.05) is 6.04 Å². The summed E-state index contributed by atoms with van der Waals surface area (Å²) in [6, 6.07) is 2.93. The molecule has 0 aromatic heterocycles. The van der Waals surface area contributed by atoms with Crippen LogP contribution in [0.2, 0.25) is 0 Å². The van der Waals surface area contributed by atoms with E-state index in [0.29, 0.717) is 12.0 Å². The van der Waals surface area contributed by atoms with E-state index in [1.165, 1.54) is 6.07 Å². The van der Waals surface area contributed by atoms with Crippen LogP contribution in [0.5, 0.6) is 0 Å². The Labute approximate surface area is 111 Å². The molecule has 0 saturated carbocycles. The SMILES string of the molecule is CNC(CC(C)(C)C)c1ccc(C(F)(F)F)c(F)c1. The van der Waals surface area contributed by atoms with Gasteiger partial charge in [0.25, 0.3) is 0 Å². The highest BCUT2D eigenvalue weighted by Gasteiger charge is 2.34. The topological polar surface area (TPSA) is 12.0 Å². The van der Waals surface area contributed by atoms with Gasteiger partial charge in [0.1, 0.15) is 5.82 Å². The van der Waals surface area contributed by atoms with Gasteiger partial charge in [-0.05, 0) is 36.6 Å². The second kappa shape index (κ2) is 5.49. The van der Waals surface area contributed by atoms with E-state index >= 15 is 0 Å². The van der Waals surface area contributed by atoms with Crippen LogP contribution >= 0.6 is 0 Å². The third-order valence-corrected chi connectivity index (χ3v) is 2.87. The Balaban J connectivity index is 3.05. The molecule has 0 aliphatic rings. The van der Waals surface area contributed by atoms with Gasteiger partial charge >= 0.3 is 6.18 Å². The monoisotopic (exact) mass is 277 g/mol. The average molecular weight is 277 g/mol. The van der Waals surface area contributed by atoms with E-state index in [-0.39, 0.29) is 11.5 Å². The average Bonchev–Trinajstić information content (AvgIpc) is 2.22. The van der Waals surface area contributed by atoms with Crippen molar-refractivity contribution in [3.63, 3.8) is 0 Å². The summed E-state index contributed by atoms with van der Waals surface area (Å²) in [4.78, 5) is 0. The zero-order chi connectivity index (χ0) is 14.8. The van der Waals surface area contributed by atoms with Crippen LogP contribution in [0.4, 0.5) is 17.6 Å². The minimum absolute atomic E-state index is 0.00709. The minimum atomic E-state index is -4.65. The number of halogens is 4. The molecular formula is C14H19F4N. The Morgan fingerprint density at radius 2 is 1.74 bits per heavy atom. The summed E-state index contributed by atoms with van der Waals surface area (Å²) in [5.41, 5.74) is -0.697. The van der Waals surface area contributed by atoms with Crippen LogP contribution in [0.15, 0.2) is 18.2 Å². The van der Waals surface area contributed by atoms with Crippen molar-refractivity contribution >= 4 is 0 Å². The molecule has 1 aromatic carbocycles. The van der Waals surface area contributed by atoms with Crippen molar-refractivity contribution in [2.75, 3.05) is 7.05 Å². The van der Waals surface area contributed by atoms with E-state index in [1.54, 1.807) is 7.05 Å². The molecule has 0 heterocycles. The lowest BCUT2D eigenvalue weighted by atomic mass is 9.85. The zero-order valence-electron chi connectivity index (χ0n) is 11.5. The fourth-order valence-electron chi connectivity index (χ4n) is 1.98. The van der Waals surface area contributed by atoms with Crippen molar-refractivity contribution in [3.05, 3.63) is 35.1 Å². The van der Waals surface area contributed by atoms with Gasteiger partial charge in [-0.25, -0.2) is 4.39 Å². The van der Waals surface area contributed by atoms with Crippen molar-refractivity contribution in [2.24, 2.45) is 5.41 Å². The van der Waals surface area contributed by atoms with Gasteiger partial charge in [0.2, 0.25) is 0 Å². The van der Waals surface area contributed by atoms with Gasteiger partial charge < -0.3 is 5.32 Å². The molecule has 19 heavy (non-hydrogen) atoms. The summed E-state index contributed by atoms with van der Waals surface area (Å²) in [6.45, 7) is 6.08. The van der Waals surface area contributed by atoms with E-state index in [2.05, 4.69) is 5.32 Å². The lowest BCUT2D eigenvalue weighted by Gasteiger charge is -2.26. The molecule has 0 fully saturated rings. The quantitative estimate of drug-likeness (QED) is 0.800. The van der Waals surface area contributed by atoms with Crippen LogP contribution < -0.4 is 5.32 Å². The van der Waals surface area contributed by atoms with E-state index < -0.39 is 17.6 Å². The maximum absolute atomic E-state index is 13.5. The van der Waals surface area contributed by atoms with E-state index in [4.69, 9.17) is 0 Å². The number of hydrogen-bond acceptors (Lipinski definition) is 1. The largest absolute Gasteiger partial charge is 0.419 e. The molecule has 1 N–H and O–H groups in total. The minimum Gasteiger partial charge on any atom is -0.313 e. The van der Waals surface area contributed by atoms with Crippen molar-refractivity contribution < 1.29 is 17.6 Å². The van der Waals surface area contributed by atoms with Crippen molar-refractivity contribution in [2.45, 2.75) is 39.4 Å². The zero-order valence-corrected chi connectivity index (χ0v) is 11.5. The molecule has 0 amide bonds. The van der Waals surface area contributed by atoms with Crippen LogP contribution in [0, 0.1) is 11.2 Å². The molecule has 1 rings (SSSR count). The first-order chi connectivity index (χ1) is 8.54. The fraction of sp³-hybridized carbons (Fsp3) is 0.571. The van der Waals surface area contributed by atoms with Gasteiger partial charge in [0.05, 0.1) is 5.56 Å². The van der Waals surface area contributed by atoms with E-state index in [9.17, 15) is 17.6 Å². The fourth-order valence-corrected chi connectivity index (χ4v) is 1.98. The molecule has 1 nitrogen and oxygen atoms in total. The van der Waals surface area contributed by atoms with Crippen LogP contribution in [0.3, 0.4) is 0 Å². The lowest BCUT2D eigenvalue weighted by molar-refractivity contribution is -0.140. The van der Waals surface area contributed by atoms with Crippen LogP contribution in [0.25, 0.3) is 0 Å². The summed E-state index contributed by atoms with van der Waals surface area (Å²) in [7, 11) is 1.71. The van der Waals surface area contributed by atoms with Crippen molar-refractivity contribution in [1.29, 1.82) is 0 Å². The highest BCUT2D eigenvalue weighted by atomic mass is 19.4. The van der Waals surface area contributed by atoms with Gasteiger partial charge in [-0.2, -0.15) is 13.2 Å². The standard InChI is InChI=1S/C14H19F4N/c1-13(2,3)8-12(19-4)9-5-6-10(11(15)7-9)14(16,17)18/h5-7,12,19H,8H2,1-4H3. The Kier molecular flexibility index (Phi) is 4.61. The smallest absolute Gasteiger partial charge is 0.313 e. The maximum Gasteiger partial charge on any atom is 0.419 e. The first kappa shape index (κ1) is 16.0. The van der Waals surface area contributed by atoms with Crippen LogP contribution in [0.1, 0.15) is 44.4 Å². The third kappa shape index (κ3) is 4.49. The third-order valence-electron chi connectivity index (χ3n) is 2.87. The number of alkyl halides is 3. The molecule has 1 aromatic rings. The second-order valence-electron chi connectivity index (χ2n) is 5.84. The first-order valence-corrected chi connectivity index (χ1v) is 6.08. The molecular weight excluding hydrogens is 258 g/mol. The molecule has 1 atom stereocenters. The Morgan fingerprint density at radius 3 is 2.11 bits per heavy atom. The Bertz CT molecular complexity index is 432. The van der Waals surface area contributed by atoms with Gasteiger partial charge in [-0.15, -0.1) is 0 Å². The Morgan fingerprint density at radius 1 is 1.16 bits per heavy atom. The molecule has 0 saturated heterocycles. The predicted octanol–water partition coefficient (Wildman–Crippen LogP) is 4.54. The number of nitrogens with one attached hydrogen (secondary N) is 1. The summed E-state index contributed by atoms with van der Waals surface area (Å²) >= 11 is 0. The van der Waals surface area contributed by atoms with Gasteiger partial charge in [0.15, 0.2) is 0 Å². The highest BCUT2D eigenvalue weighted by molar-refractivity contribution is 5.28. The molecule has 1 unspecified atom stereocenters. The maximum atomic E-state index is 13.5. The van der Waals surface area contributed by atoms with Crippen molar-refractivity contribution in [3.8, 4) is 0 Å². The van der Waals surface area contributed by atoms with Crippen LogP contribution in [-0.4, -0.2) is 7.05 Å². The number of hydrogen-bond donors (Lipinski definition) is 1. The molecule has 0 bridgehead atoms. The Hall–Kier alpha value is -1.10. The van der Waals surface area contributed by atoms with Crippen molar-refractivity contribution in [1.82, 2.24) is 5.32 Å². The summed E-state index contributed by atoms with van der Waals surface area (Å²) < 4.78 is 51.0. The molecule has 0 radical (unpaired) electrons. The van der Waals surface area contributed by atoms with E-state index in [0.717, 1.165) is 12.1 Å². The molecule has 108 valence electrons. The number of benzene rings is 1. The predicted molar refractivity (Wildman–Crippen MR) is 67.3 cm³/mol. The highest BCUT2D eigenvalue weighted by Crippen LogP contribution is 2.34. The summed E-state index contributed by atoms with van der Waals surface area (Å²) in [5.74, 6) is -1.22.